The summed E-state index contributed by atoms with van der Waals surface area (Å²) >= 11 is 0. The number of nitrogens with one attached hydrogen (secondary N) is 1. The van der Waals surface area contributed by atoms with E-state index in [0.29, 0.717) is 6.54 Å². The van der Waals surface area contributed by atoms with E-state index < -0.39 is 0 Å². The first kappa shape index (κ1) is 13.7. The van der Waals surface area contributed by atoms with Gasteiger partial charge in [-0.15, -0.1) is 0 Å². The van der Waals surface area contributed by atoms with Crippen LogP contribution in [0.3, 0.4) is 0 Å². The van der Waals surface area contributed by atoms with Crippen LogP contribution in [0.15, 0.2) is 17.1 Å². The predicted octanol–water partition coefficient (Wildman–Crippen LogP) is 1.49. The molecule has 1 aromatic rings. The summed E-state index contributed by atoms with van der Waals surface area (Å²) in [5, 5.41) is 7.18. The Morgan fingerprint density at radius 1 is 1.53 bits per heavy atom. The Morgan fingerprint density at radius 3 is 2.76 bits per heavy atom. The summed E-state index contributed by atoms with van der Waals surface area (Å²) in [4.78, 5) is 11.7. The van der Waals surface area contributed by atoms with E-state index in [-0.39, 0.29) is 11.2 Å². The number of nitrogens with zero attached hydrogens (tertiary/aromatic N) is 2. The normalized spacial score (nSPS) is 11.5. The second-order valence-corrected chi connectivity index (χ2v) is 4.55. The molecular weight excluding hydrogens is 218 g/mol. The van der Waals surface area contributed by atoms with Crippen molar-refractivity contribution in [2.24, 2.45) is 0 Å². The zero-order chi connectivity index (χ0) is 12.9. The molecule has 1 aromatic heterocycles. The van der Waals surface area contributed by atoms with Crippen molar-refractivity contribution in [1.29, 1.82) is 0 Å². The molecule has 0 bridgehead atoms. The Hall–Kier alpha value is -1.36. The second kappa shape index (κ2) is 5.82. The van der Waals surface area contributed by atoms with Crippen LogP contribution in [0, 0.1) is 0 Å². The highest BCUT2D eigenvalue weighted by atomic mass is 16.5. The van der Waals surface area contributed by atoms with Crippen molar-refractivity contribution in [1.82, 2.24) is 9.78 Å². The molecule has 0 unspecified atom stereocenters. The molecular formula is C12H21N3O2. The minimum Gasteiger partial charge on any atom is -0.384 e. The third-order valence-electron chi connectivity index (χ3n) is 2.73. The third kappa shape index (κ3) is 4.19. The fourth-order valence-electron chi connectivity index (χ4n) is 1.38. The average Bonchev–Trinajstić information content (AvgIpc) is 2.28. The van der Waals surface area contributed by atoms with Gasteiger partial charge in [-0.2, -0.15) is 5.10 Å². The number of anilines is 1. The van der Waals surface area contributed by atoms with Gasteiger partial charge in [-0.25, -0.2) is 4.68 Å². The highest BCUT2D eigenvalue weighted by Gasteiger charge is 2.16. The van der Waals surface area contributed by atoms with Crippen LogP contribution in [0.25, 0.3) is 0 Å². The third-order valence-corrected chi connectivity index (χ3v) is 2.73. The van der Waals surface area contributed by atoms with Gasteiger partial charge >= 0.3 is 0 Å². The Kier molecular flexibility index (Phi) is 4.69. The number of aromatic nitrogens is 2. The molecule has 1 rings (SSSR count). The predicted molar refractivity (Wildman–Crippen MR) is 68.4 cm³/mol. The highest BCUT2D eigenvalue weighted by molar-refractivity contribution is 5.38. The Bertz CT molecular complexity index is 412. The van der Waals surface area contributed by atoms with E-state index >= 15 is 0 Å². The molecule has 0 fully saturated rings. The van der Waals surface area contributed by atoms with Crippen LogP contribution < -0.4 is 10.9 Å². The summed E-state index contributed by atoms with van der Waals surface area (Å²) < 4.78 is 6.77. The smallest absolute Gasteiger partial charge is 0.268 e. The SMILES string of the molecule is CCNc1cnn(CCC(C)(C)OC)c(=O)c1. The minimum atomic E-state index is -0.235. The van der Waals surface area contributed by atoms with Gasteiger partial charge in [0, 0.05) is 26.3 Å². The van der Waals surface area contributed by atoms with E-state index in [2.05, 4.69) is 10.4 Å². The Labute approximate surface area is 102 Å². The van der Waals surface area contributed by atoms with Gasteiger partial charge in [-0.05, 0) is 27.2 Å². The molecule has 0 amide bonds. The molecule has 5 heteroatoms. The van der Waals surface area contributed by atoms with Crippen molar-refractivity contribution in [3.8, 4) is 0 Å². The van der Waals surface area contributed by atoms with Gasteiger partial charge in [-0.1, -0.05) is 0 Å². The number of rotatable bonds is 6. The van der Waals surface area contributed by atoms with E-state index in [0.717, 1.165) is 18.7 Å². The molecule has 0 radical (unpaired) electrons. The molecule has 0 spiro atoms. The fourth-order valence-corrected chi connectivity index (χ4v) is 1.38. The van der Waals surface area contributed by atoms with Gasteiger partial charge in [0.25, 0.3) is 5.56 Å². The van der Waals surface area contributed by atoms with Crippen LogP contribution in [0.1, 0.15) is 27.2 Å². The summed E-state index contributed by atoms with van der Waals surface area (Å²) in [5.41, 5.74) is 0.441. The largest absolute Gasteiger partial charge is 0.384 e. The van der Waals surface area contributed by atoms with Gasteiger partial charge < -0.3 is 10.1 Å². The zero-order valence-corrected chi connectivity index (χ0v) is 11.0. The van der Waals surface area contributed by atoms with Crippen molar-refractivity contribution in [3.63, 3.8) is 0 Å². The quantitative estimate of drug-likeness (QED) is 0.817. The molecule has 0 atom stereocenters. The van der Waals surface area contributed by atoms with E-state index in [1.165, 1.54) is 4.68 Å². The lowest BCUT2D eigenvalue weighted by Crippen LogP contribution is -2.29. The van der Waals surface area contributed by atoms with Gasteiger partial charge in [-0.3, -0.25) is 4.79 Å². The van der Waals surface area contributed by atoms with Crippen molar-refractivity contribution in [2.75, 3.05) is 19.0 Å². The van der Waals surface area contributed by atoms with Crippen LogP contribution in [0.4, 0.5) is 5.69 Å². The molecule has 5 nitrogen and oxygen atoms in total. The van der Waals surface area contributed by atoms with E-state index in [4.69, 9.17) is 4.74 Å². The first-order valence-electron chi connectivity index (χ1n) is 5.84. The molecule has 1 heterocycles. The van der Waals surface area contributed by atoms with E-state index in [1.807, 2.05) is 20.8 Å². The summed E-state index contributed by atoms with van der Waals surface area (Å²) in [6.45, 7) is 7.30. The van der Waals surface area contributed by atoms with Gasteiger partial charge in [0.2, 0.25) is 0 Å². The summed E-state index contributed by atoms with van der Waals surface area (Å²) in [7, 11) is 1.67. The van der Waals surface area contributed by atoms with Crippen molar-refractivity contribution in [3.05, 3.63) is 22.6 Å². The topological polar surface area (TPSA) is 56.1 Å². The van der Waals surface area contributed by atoms with Crippen molar-refractivity contribution < 1.29 is 4.74 Å². The molecule has 0 aliphatic rings. The standard InChI is InChI=1S/C12H21N3O2/c1-5-13-10-8-11(16)15(14-9-10)7-6-12(2,3)17-4/h8-9,13H,5-7H2,1-4H3. The lowest BCUT2D eigenvalue weighted by molar-refractivity contribution is 0.0110. The monoisotopic (exact) mass is 239 g/mol. The van der Waals surface area contributed by atoms with Crippen molar-refractivity contribution >= 4 is 5.69 Å². The lowest BCUT2D eigenvalue weighted by Gasteiger charge is -2.22. The molecule has 0 saturated heterocycles. The van der Waals surface area contributed by atoms with E-state index in [1.54, 1.807) is 19.4 Å². The van der Waals surface area contributed by atoms with E-state index in [9.17, 15) is 4.79 Å². The summed E-state index contributed by atoms with van der Waals surface area (Å²) in [5.74, 6) is 0. The van der Waals surface area contributed by atoms with Gasteiger partial charge in [0.15, 0.2) is 0 Å². The first-order valence-corrected chi connectivity index (χ1v) is 5.84. The molecule has 0 aliphatic heterocycles. The number of hydrogen-bond acceptors (Lipinski definition) is 4. The molecule has 17 heavy (non-hydrogen) atoms. The first-order chi connectivity index (χ1) is 7.98. The summed E-state index contributed by atoms with van der Waals surface area (Å²) in [6, 6.07) is 1.57. The molecule has 0 aliphatic carbocycles. The maximum Gasteiger partial charge on any atom is 0.268 e. The van der Waals surface area contributed by atoms with Crippen molar-refractivity contribution in [2.45, 2.75) is 39.3 Å². The number of aryl methyl sites for hydroxylation is 1. The van der Waals surface area contributed by atoms with Crippen LogP contribution in [-0.4, -0.2) is 29.0 Å². The zero-order valence-electron chi connectivity index (χ0n) is 11.0. The van der Waals surface area contributed by atoms with Crippen LogP contribution in [0.2, 0.25) is 0 Å². The van der Waals surface area contributed by atoms with Gasteiger partial charge in [0.1, 0.15) is 0 Å². The molecule has 0 aromatic carbocycles. The Balaban J connectivity index is 2.70. The number of hydrogen-bond donors (Lipinski definition) is 1. The van der Waals surface area contributed by atoms with Crippen LogP contribution >= 0.6 is 0 Å². The number of ether oxygens (including phenoxy) is 1. The minimum absolute atomic E-state index is 0.0876. The summed E-state index contributed by atoms with van der Waals surface area (Å²) in [6.07, 6.45) is 2.42. The average molecular weight is 239 g/mol. The molecule has 0 saturated carbocycles. The van der Waals surface area contributed by atoms with Crippen LogP contribution in [-0.2, 0) is 11.3 Å². The number of methoxy groups -OCH3 is 1. The highest BCUT2D eigenvalue weighted by Crippen LogP contribution is 2.13. The maximum atomic E-state index is 11.7. The lowest BCUT2D eigenvalue weighted by atomic mass is 10.1. The molecule has 96 valence electrons. The molecule has 1 N–H and O–H groups in total. The second-order valence-electron chi connectivity index (χ2n) is 4.55. The maximum absolute atomic E-state index is 11.7. The fraction of sp³-hybridized carbons (Fsp3) is 0.667. The van der Waals surface area contributed by atoms with Gasteiger partial charge in [0.05, 0.1) is 17.5 Å². The van der Waals surface area contributed by atoms with Crippen LogP contribution in [0.5, 0.6) is 0 Å². The Morgan fingerprint density at radius 2 is 2.24 bits per heavy atom.